The van der Waals surface area contributed by atoms with Gasteiger partial charge in [-0.15, -0.1) is 22.7 Å². The number of nitrogens with one attached hydrogen (secondary N) is 1. The average Bonchev–Trinajstić information content (AvgIpc) is 2.87. The van der Waals surface area contributed by atoms with Crippen LogP contribution in [0.25, 0.3) is 0 Å². The number of hydrogen-bond acceptors (Lipinski definition) is 5. The van der Waals surface area contributed by atoms with Crippen molar-refractivity contribution < 1.29 is 9.90 Å². The van der Waals surface area contributed by atoms with Gasteiger partial charge in [0.1, 0.15) is 4.88 Å². The first-order valence-electron chi connectivity index (χ1n) is 4.65. The Hall–Kier alpha value is -1.24. The highest BCUT2D eigenvalue weighted by atomic mass is 32.1. The molecule has 2 aromatic rings. The third kappa shape index (κ3) is 2.66. The van der Waals surface area contributed by atoms with Gasteiger partial charge in [0.15, 0.2) is 0 Å². The first kappa shape index (κ1) is 11.3. The van der Waals surface area contributed by atoms with E-state index in [1.165, 1.54) is 11.3 Å². The number of hydrogen-bond donors (Lipinski definition) is 2. The molecule has 0 aliphatic rings. The molecule has 0 saturated heterocycles. The fourth-order valence-electron chi connectivity index (χ4n) is 1.31. The van der Waals surface area contributed by atoms with Crippen LogP contribution in [0, 0.1) is 0 Å². The summed E-state index contributed by atoms with van der Waals surface area (Å²) >= 11 is 2.84. The number of carbonyl (C=O) groups is 1. The number of aromatic nitrogens is 1. The van der Waals surface area contributed by atoms with Gasteiger partial charge in [-0.1, -0.05) is 0 Å². The average molecular weight is 254 g/mol. The van der Waals surface area contributed by atoms with Gasteiger partial charge in [-0.25, -0.2) is 4.79 Å². The van der Waals surface area contributed by atoms with Gasteiger partial charge < -0.3 is 10.4 Å². The summed E-state index contributed by atoms with van der Waals surface area (Å²) in [5.74, 6) is -0.857. The Kier molecular flexibility index (Phi) is 3.66. The summed E-state index contributed by atoms with van der Waals surface area (Å²) in [7, 11) is 0. The van der Waals surface area contributed by atoms with Gasteiger partial charge in [0.25, 0.3) is 0 Å². The summed E-state index contributed by atoms with van der Waals surface area (Å²) in [4.78, 5) is 16.4. The third-order valence-corrected chi connectivity index (χ3v) is 3.76. The lowest BCUT2D eigenvalue weighted by atomic mass is 10.2. The van der Waals surface area contributed by atoms with Crippen LogP contribution in [0.1, 0.15) is 20.1 Å². The van der Waals surface area contributed by atoms with E-state index in [9.17, 15) is 4.79 Å². The minimum atomic E-state index is -0.857. The molecule has 2 aromatic heterocycles. The highest BCUT2D eigenvalue weighted by Gasteiger charge is 2.10. The standard InChI is InChI=1S/C10H10N2O2S2/c13-10(14)9-7(1-2-15-9)3-11-4-8-5-12-6-16-8/h1-2,5-6,11H,3-4H2,(H,13,14). The number of carboxylic acids is 1. The Bertz CT molecular complexity index is 465. The highest BCUT2D eigenvalue weighted by molar-refractivity contribution is 7.12. The maximum atomic E-state index is 10.8. The molecule has 0 atom stereocenters. The van der Waals surface area contributed by atoms with Crippen molar-refractivity contribution in [1.82, 2.24) is 10.3 Å². The maximum absolute atomic E-state index is 10.8. The van der Waals surface area contributed by atoms with Gasteiger partial charge in [0.05, 0.1) is 5.51 Å². The number of aromatic carboxylic acids is 1. The molecule has 2 rings (SSSR count). The molecule has 0 aliphatic carbocycles. The topological polar surface area (TPSA) is 62.2 Å². The molecule has 6 heteroatoms. The number of nitrogens with zero attached hydrogens (tertiary/aromatic N) is 1. The molecule has 0 bridgehead atoms. The van der Waals surface area contributed by atoms with Crippen LogP contribution >= 0.6 is 22.7 Å². The predicted molar refractivity (Wildman–Crippen MR) is 63.9 cm³/mol. The quantitative estimate of drug-likeness (QED) is 0.858. The molecule has 4 nitrogen and oxygen atoms in total. The second-order valence-corrected chi connectivity index (χ2v) is 5.04. The van der Waals surface area contributed by atoms with E-state index in [4.69, 9.17) is 5.11 Å². The van der Waals surface area contributed by atoms with Gasteiger partial charge >= 0.3 is 5.97 Å². The molecule has 0 radical (unpaired) electrons. The monoisotopic (exact) mass is 254 g/mol. The lowest BCUT2D eigenvalue weighted by Crippen LogP contribution is -2.13. The van der Waals surface area contributed by atoms with Crippen molar-refractivity contribution in [2.75, 3.05) is 0 Å². The lowest BCUT2D eigenvalue weighted by Gasteiger charge is -2.02. The molecule has 2 N–H and O–H groups in total. The lowest BCUT2D eigenvalue weighted by molar-refractivity contribution is 0.0701. The van der Waals surface area contributed by atoms with Crippen molar-refractivity contribution in [3.8, 4) is 0 Å². The van der Waals surface area contributed by atoms with E-state index in [1.807, 2.05) is 12.3 Å². The Labute approximate surface area is 101 Å². The van der Waals surface area contributed by atoms with Gasteiger partial charge in [-0.3, -0.25) is 4.98 Å². The first-order chi connectivity index (χ1) is 7.77. The molecule has 0 fully saturated rings. The molecule has 0 aromatic carbocycles. The molecular formula is C10H10N2O2S2. The summed E-state index contributed by atoms with van der Waals surface area (Å²) in [6.45, 7) is 1.29. The predicted octanol–water partition coefficient (Wildman–Crippen LogP) is 2.19. The molecule has 0 aliphatic heterocycles. The minimum absolute atomic E-state index is 0.414. The van der Waals surface area contributed by atoms with Gasteiger partial charge in [0.2, 0.25) is 0 Å². The SMILES string of the molecule is O=C(O)c1sccc1CNCc1cncs1. The Balaban J connectivity index is 1.90. The molecule has 84 valence electrons. The fraction of sp³-hybridized carbons (Fsp3) is 0.200. The molecular weight excluding hydrogens is 244 g/mol. The number of thiazole rings is 1. The van der Waals surface area contributed by atoms with E-state index in [-0.39, 0.29) is 0 Å². The Morgan fingerprint density at radius 2 is 2.31 bits per heavy atom. The van der Waals surface area contributed by atoms with E-state index < -0.39 is 5.97 Å². The van der Waals surface area contributed by atoms with Crippen molar-refractivity contribution >= 4 is 28.6 Å². The molecule has 0 saturated carbocycles. The van der Waals surface area contributed by atoms with Crippen LogP contribution in [0.5, 0.6) is 0 Å². The second-order valence-electron chi connectivity index (χ2n) is 3.15. The first-order valence-corrected chi connectivity index (χ1v) is 6.41. The van der Waals surface area contributed by atoms with Crippen molar-refractivity contribution in [1.29, 1.82) is 0 Å². The van der Waals surface area contributed by atoms with Crippen molar-refractivity contribution in [2.24, 2.45) is 0 Å². The van der Waals surface area contributed by atoms with E-state index in [1.54, 1.807) is 22.2 Å². The number of rotatable bonds is 5. The van der Waals surface area contributed by atoms with Crippen LogP contribution in [0.3, 0.4) is 0 Å². The number of carboxylic acid groups (broad SMARTS) is 1. The molecule has 0 spiro atoms. The zero-order valence-corrected chi connectivity index (χ0v) is 9.98. The summed E-state index contributed by atoms with van der Waals surface area (Å²) < 4.78 is 0. The Morgan fingerprint density at radius 3 is 3.00 bits per heavy atom. The van der Waals surface area contributed by atoms with Gasteiger partial charge in [-0.2, -0.15) is 0 Å². The van der Waals surface area contributed by atoms with E-state index >= 15 is 0 Å². The largest absolute Gasteiger partial charge is 0.477 e. The summed E-state index contributed by atoms with van der Waals surface area (Å²) in [5.41, 5.74) is 2.62. The van der Waals surface area contributed by atoms with Crippen LogP contribution in [-0.2, 0) is 13.1 Å². The van der Waals surface area contributed by atoms with E-state index in [0.717, 1.165) is 17.0 Å². The number of thiophene rings is 1. The normalized spacial score (nSPS) is 10.5. The molecule has 16 heavy (non-hydrogen) atoms. The minimum Gasteiger partial charge on any atom is -0.477 e. The van der Waals surface area contributed by atoms with Crippen molar-refractivity contribution in [2.45, 2.75) is 13.1 Å². The molecule has 2 heterocycles. The van der Waals surface area contributed by atoms with E-state index in [2.05, 4.69) is 10.3 Å². The molecule has 0 amide bonds. The van der Waals surface area contributed by atoms with Crippen molar-refractivity contribution in [3.63, 3.8) is 0 Å². The fourth-order valence-corrected chi connectivity index (χ4v) is 2.64. The zero-order valence-electron chi connectivity index (χ0n) is 8.34. The van der Waals surface area contributed by atoms with Crippen LogP contribution in [0.2, 0.25) is 0 Å². The highest BCUT2D eigenvalue weighted by Crippen LogP contribution is 2.16. The van der Waals surface area contributed by atoms with Crippen LogP contribution in [0.4, 0.5) is 0 Å². The smallest absolute Gasteiger partial charge is 0.346 e. The Morgan fingerprint density at radius 1 is 1.44 bits per heavy atom. The van der Waals surface area contributed by atoms with E-state index in [0.29, 0.717) is 11.4 Å². The second kappa shape index (κ2) is 5.20. The van der Waals surface area contributed by atoms with Crippen LogP contribution in [0.15, 0.2) is 23.2 Å². The third-order valence-electron chi connectivity index (χ3n) is 2.04. The zero-order chi connectivity index (χ0) is 11.4. The van der Waals surface area contributed by atoms with Gasteiger partial charge in [-0.05, 0) is 17.0 Å². The summed E-state index contributed by atoms with van der Waals surface area (Å²) in [6.07, 6.45) is 1.81. The van der Waals surface area contributed by atoms with Crippen LogP contribution < -0.4 is 5.32 Å². The van der Waals surface area contributed by atoms with Gasteiger partial charge in [0, 0.05) is 24.2 Å². The summed E-state index contributed by atoms with van der Waals surface area (Å²) in [5, 5.41) is 13.9. The molecule has 0 unspecified atom stereocenters. The summed E-state index contributed by atoms with van der Waals surface area (Å²) in [6, 6.07) is 1.84. The van der Waals surface area contributed by atoms with Crippen molar-refractivity contribution in [3.05, 3.63) is 38.5 Å². The maximum Gasteiger partial charge on any atom is 0.346 e. The van der Waals surface area contributed by atoms with Crippen LogP contribution in [-0.4, -0.2) is 16.1 Å².